The molecule has 0 spiro atoms. The summed E-state index contributed by atoms with van der Waals surface area (Å²) in [5.41, 5.74) is 6.85. The van der Waals surface area contributed by atoms with Crippen LogP contribution in [0.1, 0.15) is 20.8 Å². The molecule has 0 saturated heterocycles. The fraction of sp³-hybridized carbons (Fsp3) is 0. The predicted molar refractivity (Wildman–Crippen MR) is 69.4 cm³/mol. The number of benzene rings is 1. The Hall–Kier alpha value is -2.89. The molecule has 2 aromatic rings. The molecule has 0 aliphatic rings. The lowest BCUT2D eigenvalue weighted by Gasteiger charge is -2.07. The van der Waals surface area contributed by atoms with Crippen LogP contribution in [0.2, 0.25) is 0 Å². The SMILES string of the molecule is NC(=O)c1cc(Nc2ccc(C(=O)O)cc2)ccn1. The second-order valence-corrected chi connectivity index (χ2v) is 3.80. The Morgan fingerprint density at radius 2 is 1.79 bits per heavy atom. The number of nitrogens with one attached hydrogen (secondary N) is 1. The number of carbonyl (C=O) groups excluding carboxylic acids is 1. The first-order valence-electron chi connectivity index (χ1n) is 5.42. The van der Waals surface area contributed by atoms with E-state index in [1.54, 1.807) is 18.2 Å². The molecule has 0 fully saturated rings. The molecule has 96 valence electrons. The van der Waals surface area contributed by atoms with Gasteiger partial charge in [-0.1, -0.05) is 0 Å². The third kappa shape index (κ3) is 3.06. The maximum Gasteiger partial charge on any atom is 0.335 e. The summed E-state index contributed by atoms with van der Waals surface area (Å²) in [5, 5.41) is 11.8. The third-order valence-corrected chi connectivity index (χ3v) is 2.43. The maximum absolute atomic E-state index is 11.0. The largest absolute Gasteiger partial charge is 0.478 e. The monoisotopic (exact) mass is 257 g/mol. The van der Waals surface area contributed by atoms with E-state index in [2.05, 4.69) is 10.3 Å². The van der Waals surface area contributed by atoms with Gasteiger partial charge in [-0.05, 0) is 36.4 Å². The molecule has 0 saturated carbocycles. The normalized spacial score (nSPS) is 9.89. The lowest BCUT2D eigenvalue weighted by Crippen LogP contribution is -2.12. The van der Waals surface area contributed by atoms with Crippen molar-refractivity contribution in [1.29, 1.82) is 0 Å². The minimum Gasteiger partial charge on any atom is -0.478 e. The number of nitrogens with two attached hydrogens (primary N) is 1. The number of pyridine rings is 1. The molecule has 0 aliphatic carbocycles. The van der Waals surface area contributed by atoms with Gasteiger partial charge >= 0.3 is 5.97 Å². The van der Waals surface area contributed by atoms with Gasteiger partial charge in [0, 0.05) is 17.6 Å². The molecule has 19 heavy (non-hydrogen) atoms. The summed E-state index contributed by atoms with van der Waals surface area (Å²) in [6, 6.07) is 9.44. The van der Waals surface area contributed by atoms with Crippen molar-refractivity contribution in [2.24, 2.45) is 5.73 Å². The average molecular weight is 257 g/mol. The second kappa shape index (κ2) is 5.18. The molecule has 0 atom stereocenters. The quantitative estimate of drug-likeness (QED) is 0.771. The average Bonchev–Trinajstić information content (AvgIpc) is 2.39. The summed E-state index contributed by atoms with van der Waals surface area (Å²) < 4.78 is 0. The molecule has 0 unspecified atom stereocenters. The molecule has 2 rings (SSSR count). The Labute approximate surface area is 108 Å². The number of primary amides is 1. The summed E-state index contributed by atoms with van der Waals surface area (Å²) in [5.74, 6) is -1.59. The van der Waals surface area contributed by atoms with Crippen molar-refractivity contribution in [2.75, 3.05) is 5.32 Å². The van der Waals surface area contributed by atoms with Gasteiger partial charge in [-0.3, -0.25) is 9.78 Å². The van der Waals surface area contributed by atoms with Gasteiger partial charge < -0.3 is 16.2 Å². The van der Waals surface area contributed by atoms with Gasteiger partial charge in [-0.2, -0.15) is 0 Å². The third-order valence-electron chi connectivity index (χ3n) is 2.43. The van der Waals surface area contributed by atoms with Crippen LogP contribution in [-0.2, 0) is 0 Å². The number of amides is 1. The summed E-state index contributed by atoms with van der Waals surface area (Å²) in [4.78, 5) is 25.5. The summed E-state index contributed by atoms with van der Waals surface area (Å²) in [6.45, 7) is 0. The number of rotatable bonds is 4. The number of aromatic nitrogens is 1. The Bertz CT molecular complexity index is 623. The highest BCUT2D eigenvalue weighted by Gasteiger charge is 2.04. The zero-order valence-electron chi connectivity index (χ0n) is 9.83. The number of carbonyl (C=O) groups is 2. The van der Waals surface area contributed by atoms with Crippen molar-refractivity contribution in [1.82, 2.24) is 4.98 Å². The molecule has 1 aromatic heterocycles. The molecule has 0 aliphatic heterocycles. The number of anilines is 2. The van der Waals surface area contributed by atoms with Crippen molar-refractivity contribution in [3.8, 4) is 0 Å². The van der Waals surface area contributed by atoms with Crippen LogP contribution in [-0.4, -0.2) is 22.0 Å². The van der Waals surface area contributed by atoms with Crippen molar-refractivity contribution in [3.63, 3.8) is 0 Å². The van der Waals surface area contributed by atoms with Gasteiger partial charge in [0.25, 0.3) is 5.91 Å². The van der Waals surface area contributed by atoms with E-state index in [0.717, 1.165) is 0 Å². The number of carboxylic acid groups (broad SMARTS) is 1. The van der Waals surface area contributed by atoms with E-state index in [-0.39, 0.29) is 11.3 Å². The van der Waals surface area contributed by atoms with Crippen LogP contribution in [0.25, 0.3) is 0 Å². The van der Waals surface area contributed by atoms with E-state index < -0.39 is 11.9 Å². The lowest BCUT2D eigenvalue weighted by atomic mass is 10.2. The number of carboxylic acids is 1. The standard InChI is InChI=1S/C13H11N3O3/c14-12(17)11-7-10(5-6-15-11)16-9-3-1-8(2-4-9)13(18)19/h1-7H,(H2,14,17)(H,15,16)(H,18,19). The number of nitrogens with zero attached hydrogens (tertiary/aromatic N) is 1. The van der Waals surface area contributed by atoms with Crippen LogP contribution in [0.4, 0.5) is 11.4 Å². The fourth-order valence-electron chi connectivity index (χ4n) is 1.51. The smallest absolute Gasteiger partial charge is 0.335 e. The van der Waals surface area contributed by atoms with E-state index in [9.17, 15) is 9.59 Å². The first-order chi connectivity index (χ1) is 9.06. The zero-order chi connectivity index (χ0) is 13.8. The van der Waals surface area contributed by atoms with Crippen molar-refractivity contribution >= 4 is 23.3 Å². The van der Waals surface area contributed by atoms with Gasteiger partial charge in [0.2, 0.25) is 0 Å². The molecule has 4 N–H and O–H groups in total. The van der Waals surface area contributed by atoms with Gasteiger partial charge in [0.05, 0.1) is 5.56 Å². The number of aromatic carboxylic acids is 1. The second-order valence-electron chi connectivity index (χ2n) is 3.80. The summed E-state index contributed by atoms with van der Waals surface area (Å²) in [6.07, 6.45) is 1.47. The van der Waals surface area contributed by atoms with Crippen LogP contribution in [0.15, 0.2) is 42.6 Å². The Morgan fingerprint density at radius 3 is 2.37 bits per heavy atom. The van der Waals surface area contributed by atoms with Gasteiger partial charge in [-0.15, -0.1) is 0 Å². The lowest BCUT2D eigenvalue weighted by molar-refractivity contribution is 0.0696. The summed E-state index contributed by atoms with van der Waals surface area (Å²) >= 11 is 0. The van der Waals surface area contributed by atoms with E-state index in [1.807, 2.05) is 0 Å². The zero-order valence-corrected chi connectivity index (χ0v) is 9.83. The van der Waals surface area contributed by atoms with Gasteiger partial charge in [0.15, 0.2) is 0 Å². The van der Waals surface area contributed by atoms with E-state index in [1.165, 1.54) is 24.4 Å². The summed E-state index contributed by atoms with van der Waals surface area (Å²) in [7, 11) is 0. The van der Waals surface area contributed by atoms with Crippen LogP contribution in [0.3, 0.4) is 0 Å². The minimum atomic E-state index is -0.980. The van der Waals surface area contributed by atoms with E-state index >= 15 is 0 Å². The first kappa shape index (κ1) is 12.6. The molecular formula is C13H11N3O3. The highest BCUT2D eigenvalue weighted by molar-refractivity contribution is 5.92. The highest BCUT2D eigenvalue weighted by atomic mass is 16.4. The fourth-order valence-corrected chi connectivity index (χ4v) is 1.51. The van der Waals surface area contributed by atoms with E-state index in [0.29, 0.717) is 11.4 Å². The number of hydrogen-bond donors (Lipinski definition) is 3. The van der Waals surface area contributed by atoms with Gasteiger partial charge in [0.1, 0.15) is 5.69 Å². The van der Waals surface area contributed by atoms with Crippen LogP contribution in [0.5, 0.6) is 0 Å². The van der Waals surface area contributed by atoms with Crippen molar-refractivity contribution in [3.05, 3.63) is 53.9 Å². The van der Waals surface area contributed by atoms with Crippen LogP contribution >= 0.6 is 0 Å². The van der Waals surface area contributed by atoms with Crippen molar-refractivity contribution in [2.45, 2.75) is 0 Å². The van der Waals surface area contributed by atoms with Crippen LogP contribution < -0.4 is 11.1 Å². The Morgan fingerprint density at radius 1 is 1.11 bits per heavy atom. The van der Waals surface area contributed by atoms with Crippen LogP contribution in [0, 0.1) is 0 Å². The molecule has 0 bridgehead atoms. The molecule has 6 heteroatoms. The topological polar surface area (TPSA) is 105 Å². The Kier molecular flexibility index (Phi) is 3.42. The molecule has 1 amide bonds. The van der Waals surface area contributed by atoms with Gasteiger partial charge in [-0.25, -0.2) is 4.79 Å². The predicted octanol–water partition coefficient (Wildman–Crippen LogP) is 1.62. The molecule has 6 nitrogen and oxygen atoms in total. The number of hydrogen-bond acceptors (Lipinski definition) is 4. The Balaban J connectivity index is 2.19. The molecule has 0 radical (unpaired) electrons. The molecular weight excluding hydrogens is 246 g/mol. The van der Waals surface area contributed by atoms with E-state index in [4.69, 9.17) is 10.8 Å². The minimum absolute atomic E-state index is 0.159. The highest BCUT2D eigenvalue weighted by Crippen LogP contribution is 2.17. The first-order valence-corrected chi connectivity index (χ1v) is 5.42. The van der Waals surface area contributed by atoms with Crippen molar-refractivity contribution < 1.29 is 14.7 Å². The molecule has 1 aromatic carbocycles. The molecule has 1 heterocycles. The maximum atomic E-state index is 11.0.